The van der Waals surface area contributed by atoms with Gasteiger partial charge in [-0.3, -0.25) is 0 Å². The molecule has 1 aromatic rings. The van der Waals surface area contributed by atoms with Crippen molar-refractivity contribution in [3.8, 4) is 0 Å². The molecule has 1 aromatic carbocycles. The van der Waals surface area contributed by atoms with Crippen LogP contribution in [-0.2, 0) is 0 Å². The Bertz CT molecular complexity index is 324. The van der Waals surface area contributed by atoms with Crippen molar-refractivity contribution in [1.29, 1.82) is 0 Å². The molecule has 1 N–H and O–H groups in total. The van der Waals surface area contributed by atoms with Crippen molar-refractivity contribution in [3.05, 3.63) is 35.4 Å². The van der Waals surface area contributed by atoms with E-state index in [0.717, 1.165) is 24.1 Å². The van der Waals surface area contributed by atoms with Crippen molar-refractivity contribution in [2.45, 2.75) is 6.04 Å². The molecule has 0 spiro atoms. The number of benzene rings is 1. The number of hydrogen-bond donors (Lipinski definition) is 1. The molecular weight excluding hydrogens is 204 g/mol. The standard InChI is InChI=1S/C10H11F2NS/c11-8-3-1-2-7(10(8)12)9-6-14-5-4-13-9/h1-3,9,13H,4-6H2. The Morgan fingerprint density at radius 2 is 2.21 bits per heavy atom. The first kappa shape index (κ1) is 9.93. The van der Waals surface area contributed by atoms with Gasteiger partial charge in [0.1, 0.15) is 0 Å². The molecule has 0 bridgehead atoms. The van der Waals surface area contributed by atoms with Crippen LogP contribution in [0.5, 0.6) is 0 Å². The molecule has 1 saturated heterocycles. The Morgan fingerprint density at radius 1 is 1.36 bits per heavy atom. The van der Waals surface area contributed by atoms with Gasteiger partial charge in [-0.25, -0.2) is 8.78 Å². The van der Waals surface area contributed by atoms with E-state index in [1.807, 2.05) is 0 Å². The van der Waals surface area contributed by atoms with E-state index < -0.39 is 11.6 Å². The molecule has 0 aliphatic carbocycles. The summed E-state index contributed by atoms with van der Waals surface area (Å²) < 4.78 is 26.3. The first-order valence-electron chi connectivity index (χ1n) is 4.54. The molecule has 0 aromatic heterocycles. The number of thioether (sulfide) groups is 1. The summed E-state index contributed by atoms with van der Waals surface area (Å²) in [5.41, 5.74) is 0.442. The molecule has 2 rings (SSSR count). The zero-order chi connectivity index (χ0) is 9.97. The van der Waals surface area contributed by atoms with E-state index >= 15 is 0 Å². The van der Waals surface area contributed by atoms with Gasteiger partial charge in [-0.2, -0.15) is 11.8 Å². The maximum absolute atomic E-state index is 13.4. The van der Waals surface area contributed by atoms with Crippen LogP contribution in [0.25, 0.3) is 0 Å². The van der Waals surface area contributed by atoms with Crippen molar-refractivity contribution in [1.82, 2.24) is 5.32 Å². The monoisotopic (exact) mass is 215 g/mol. The molecule has 1 fully saturated rings. The third-order valence-electron chi connectivity index (χ3n) is 2.28. The van der Waals surface area contributed by atoms with E-state index in [9.17, 15) is 8.78 Å². The summed E-state index contributed by atoms with van der Waals surface area (Å²) in [7, 11) is 0. The third kappa shape index (κ3) is 1.91. The van der Waals surface area contributed by atoms with Crippen LogP contribution in [0, 0.1) is 11.6 Å². The molecule has 14 heavy (non-hydrogen) atoms. The molecule has 0 amide bonds. The second kappa shape index (κ2) is 4.28. The molecule has 1 atom stereocenters. The lowest BCUT2D eigenvalue weighted by Gasteiger charge is -2.23. The first-order valence-corrected chi connectivity index (χ1v) is 5.69. The van der Waals surface area contributed by atoms with Crippen molar-refractivity contribution < 1.29 is 8.78 Å². The zero-order valence-corrected chi connectivity index (χ0v) is 8.41. The smallest absolute Gasteiger partial charge is 0.163 e. The van der Waals surface area contributed by atoms with Gasteiger partial charge in [0, 0.05) is 29.7 Å². The second-order valence-electron chi connectivity index (χ2n) is 3.22. The van der Waals surface area contributed by atoms with E-state index in [-0.39, 0.29) is 6.04 Å². The van der Waals surface area contributed by atoms with E-state index in [1.54, 1.807) is 23.9 Å². The first-order chi connectivity index (χ1) is 6.79. The minimum Gasteiger partial charge on any atom is -0.308 e. The molecule has 1 nitrogen and oxygen atoms in total. The van der Waals surface area contributed by atoms with Crippen LogP contribution in [0.2, 0.25) is 0 Å². The van der Waals surface area contributed by atoms with Crippen molar-refractivity contribution in [2.75, 3.05) is 18.1 Å². The SMILES string of the molecule is Fc1cccc(C2CSCCN2)c1F. The Labute approximate surface area is 85.9 Å². The summed E-state index contributed by atoms with van der Waals surface area (Å²) in [6, 6.07) is 4.29. The quantitative estimate of drug-likeness (QED) is 0.771. The average Bonchev–Trinajstić information content (AvgIpc) is 2.23. The minimum atomic E-state index is -0.764. The van der Waals surface area contributed by atoms with Gasteiger partial charge >= 0.3 is 0 Å². The second-order valence-corrected chi connectivity index (χ2v) is 4.37. The van der Waals surface area contributed by atoms with Gasteiger partial charge in [-0.15, -0.1) is 0 Å². The van der Waals surface area contributed by atoms with Crippen molar-refractivity contribution in [2.24, 2.45) is 0 Å². The summed E-state index contributed by atoms with van der Waals surface area (Å²) in [4.78, 5) is 0. The minimum absolute atomic E-state index is 0.0514. The number of halogens is 2. The van der Waals surface area contributed by atoms with E-state index in [0.29, 0.717) is 5.56 Å². The van der Waals surface area contributed by atoms with Gasteiger partial charge < -0.3 is 5.32 Å². The Hall–Kier alpha value is -0.610. The van der Waals surface area contributed by atoms with Gasteiger partial charge in [0.25, 0.3) is 0 Å². The molecule has 0 saturated carbocycles. The van der Waals surface area contributed by atoms with Gasteiger partial charge in [0.15, 0.2) is 11.6 Å². The summed E-state index contributed by atoms with van der Waals surface area (Å²) in [6.45, 7) is 0.852. The molecular formula is C10H11F2NS. The van der Waals surface area contributed by atoms with Gasteiger partial charge in [0.05, 0.1) is 0 Å². The highest BCUT2D eigenvalue weighted by molar-refractivity contribution is 7.99. The lowest BCUT2D eigenvalue weighted by Crippen LogP contribution is -2.31. The van der Waals surface area contributed by atoms with Crippen LogP contribution in [0.1, 0.15) is 11.6 Å². The fourth-order valence-corrected chi connectivity index (χ4v) is 2.52. The largest absolute Gasteiger partial charge is 0.308 e. The molecule has 4 heteroatoms. The zero-order valence-electron chi connectivity index (χ0n) is 7.59. The lowest BCUT2D eigenvalue weighted by atomic mass is 10.1. The Kier molecular flexibility index (Phi) is 3.03. The molecule has 1 aliphatic heterocycles. The highest BCUT2D eigenvalue weighted by Gasteiger charge is 2.19. The number of hydrogen-bond acceptors (Lipinski definition) is 2. The number of rotatable bonds is 1. The average molecular weight is 215 g/mol. The van der Waals surface area contributed by atoms with Gasteiger partial charge in [0.2, 0.25) is 0 Å². The van der Waals surface area contributed by atoms with Gasteiger partial charge in [-0.05, 0) is 6.07 Å². The van der Waals surface area contributed by atoms with Crippen LogP contribution in [0.15, 0.2) is 18.2 Å². The molecule has 76 valence electrons. The molecule has 0 radical (unpaired) electrons. The fraction of sp³-hybridized carbons (Fsp3) is 0.400. The van der Waals surface area contributed by atoms with E-state index in [2.05, 4.69) is 5.32 Å². The molecule has 1 heterocycles. The maximum atomic E-state index is 13.4. The predicted octanol–water partition coefficient (Wildman–Crippen LogP) is 2.34. The predicted molar refractivity (Wildman–Crippen MR) is 54.4 cm³/mol. The fourth-order valence-electron chi connectivity index (χ4n) is 1.55. The van der Waals surface area contributed by atoms with Crippen LogP contribution >= 0.6 is 11.8 Å². The Morgan fingerprint density at radius 3 is 2.93 bits per heavy atom. The van der Waals surface area contributed by atoms with Crippen LogP contribution < -0.4 is 5.32 Å². The van der Waals surface area contributed by atoms with Crippen LogP contribution in [0.3, 0.4) is 0 Å². The topological polar surface area (TPSA) is 12.0 Å². The van der Waals surface area contributed by atoms with Gasteiger partial charge in [-0.1, -0.05) is 12.1 Å². The number of nitrogens with one attached hydrogen (secondary N) is 1. The Balaban J connectivity index is 2.26. The summed E-state index contributed by atoms with van der Waals surface area (Å²) in [6.07, 6.45) is 0. The highest BCUT2D eigenvalue weighted by atomic mass is 32.2. The van der Waals surface area contributed by atoms with E-state index in [1.165, 1.54) is 0 Å². The van der Waals surface area contributed by atoms with Crippen molar-refractivity contribution >= 4 is 11.8 Å². The maximum Gasteiger partial charge on any atom is 0.163 e. The van der Waals surface area contributed by atoms with Crippen LogP contribution in [0.4, 0.5) is 8.78 Å². The van der Waals surface area contributed by atoms with Crippen molar-refractivity contribution in [3.63, 3.8) is 0 Å². The summed E-state index contributed by atoms with van der Waals surface area (Å²) >= 11 is 1.76. The normalized spacial score (nSPS) is 22.3. The molecule has 1 unspecified atom stereocenters. The summed E-state index contributed by atoms with van der Waals surface area (Å²) in [5.74, 6) is 0.362. The van der Waals surface area contributed by atoms with Crippen LogP contribution in [-0.4, -0.2) is 18.1 Å². The third-order valence-corrected chi connectivity index (χ3v) is 3.34. The van der Waals surface area contributed by atoms with E-state index in [4.69, 9.17) is 0 Å². The highest BCUT2D eigenvalue weighted by Crippen LogP contribution is 2.24. The lowest BCUT2D eigenvalue weighted by molar-refractivity contribution is 0.476. The summed E-state index contributed by atoms with van der Waals surface area (Å²) in [5, 5.41) is 3.18. The molecule has 1 aliphatic rings.